The highest BCUT2D eigenvalue weighted by Crippen LogP contribution is 2.28. The van der Waals surface area contributed by atoms with Crippen molar-refractivity contribution in [2.75, 3.05) is 90.3 Å². The fraction of sp³-hybridized carbons (Fsp3) is 0.350. The van der Waals surface area contributed by atoms with Crippen LogP contribution in [0.1, 0.15) is 158 Å². The molecule has 0 bridgehead atoms. The Bertz CT molecular complexity index is 4630. The topological polar surface area (TPSA) is 398 Å². The van der Waals surface area contributed by atoms with Gasteiger partial charge in [0.2, 0.25) is 11.7 Å². The zero-order chi connectivity index (χ0) is 83.9. The number of allylic oxidation sites excluding steroid dienone is 1. The Morgan fingerprint density at radius 1 is 0.545 bits per heavy atom. The molecule has 9 aromatic rings. The van der Waals surface area contributed by atoms with Crippen molar-refractivity contribution in [3.05, 3.63) is 265 Å². The predicted octanol–water partition coefficient (Wildman–Crippen LogP) is 11.4. The van der Waals surface area contributed by atoms with Gasteiger partial charge < -0.3 is 49.6 Å². The molecule has 0 fully saturated rings. The average molecular weight is 1570 g/mol. The average Bonchev–Trinajstić information content (AvgIpc) is 0.806. The van der Waals surface area contributed by atoms with Crippen molar-refractivity contribution >= 4 is 81.4 Å². The molecule has 4 N–H and O–H groups in total. The molecule has 0 saturated carbocycles. The summed E-state index contributed by atoms with van der Waals surface area (Å²) in [6, 6.07) is 39.8. The molecule has 0 aliphatic rings. The van der Waals surface area contributed by atoms with Crippen LogP contribution >= 0.6 is 11.6 Å². The third kappa shape index (κ3) is 29.8. The quantitative estimate of drug-likeness (QED) is 0.0210. The lowest BCUT2D eigenvalue weighted by Crippen LogP contribution is -2.35. The monoisotopic (exact) mass is 1570 g/mol. The number of benzene rings is 5. The molecule has 5 aromatic carbocycles. The number of methoxy groups -OCH3 is 5. The van der Waals surface area contributed by atoms with Crippen LogP contribution in [-0.2, 0) is 37.8 Å². The van der Waals surface area contributed by atoms with Crippen LogP contribution in [0, 0.1) is 20.2 Å². The highest BCUT2D eigenvalue weighted by Gasteiger charge is 2.30. The van der Waals surface area contributed by atoms with Crippen molar-refractivity contribution in [3.63, 3.8) is 0 Å². The standard InChI is InChI=1S/C21H25N5O3.C13H18N2O4.C13H20N2O2.C11H11NO4.C9H8O3.C8H6ClN3O.C3H8.CH4O.CH4/c1-13(18(25(2)3)14-8-10-15(11-9-14)21(28)29-5)23-19-17-16(7-6-12-22-17)20(27)26(4)24-19;1-9(15(17)18)12(14(2)3)10-5-7-11(8-6-10)13(16)19-4;1-9(14)12(15(2)3)10-5-7-11(8-6-10)13(16)17-4;1-8(12(14)15)7-9-3-5-10(6-4-9)11(13)16-2;1-12-9(11)8-4-2-7(6-10)3-5-8;1-12-8(13)5-3-2-4-10-6(5)7(9)11-12;1-3-2;1-2;/h6-13,18H,1-5H3,(H,23,24);5-9,12H,1-4H3;5-9,12H,14H2,1-4H3;3-7H,1-2H3;2-6H,1H3;2-4H,1H3;3H2,1-2H3;2H,1H3;1H4/b;;;8-7-;;;;;/t13-,18+;2*9-,12+;;;;;;/m000....../s1. The number of aromatic nitrogens is 6. The molecule has 0 saturated heterocycles. The number of halogens is 1. The van der Waals surface area contributed by atoms with E-state index >= 15 is 0 Å². The van der Waals surface area contributed by atoms with Crippen LogP contribution in [-0.4, -0.2) is 198 Å². The summed E-state index contributed by atoms with van der Waals surface area (Å²) in [5, 5.41) is 41.2. The number of nitrogens with two attached hydrogens (primary N) is 1. The number of aryl methyl sites for hydroxylation is 2. The minimum Gasteiger partial charge on any atom is -0.465 e. The number of nitrogens with one attached hydrogen (secondary N) is 1. The largest absolute Gasteiger partial charge is 0.465 e. The van der Waals surface area contributed by atoms with Crippen LogP contribution in [0.3, 0.4) is 0 Å². The van der Waals surface area contributed by atoms with Gasteiger partial charge in [-0.15, -0.1) is 0 Å². The number of ether oxygens (including phenoxy) is 5. The van der Waals surface area contributed by atoms with E-state index < -0.39 is 28.9 Å². The summed E-state index contributed by atoms with van der Waals surface area (Å²) in [5.41, 5.74) is 13.1. The number of nitrogens with zero attached hydrogens (tertiary/aromatic N) is 11. The van der Waals surface area contributed by atoms with Gasteiger partial charge in [0.25, 0.3) is 11.1 Å². The van der Waals surface area contributed by atoms with Crippen molar-refractivity contribution in [1.82, 2.24) is 44.2 Å². The molecule has 0 radical (unpaired) electrons. The van der Waals surface area contributed by atoms with Crippen LogP contribution < -0.4 is 22.2 Å². The molecule has 0 aliphatic heterocycles. The van der Waals surface area contributed by atoms with Gasteiger partial charge in [0.1, 0.15) is 23.4 Å². The summed E-state index contributed by atoms with van der Waals surface area (Å²) in [7, 11) is 22.4. The second-order valence-electron chi connectivity index (χ2n) is 24.8. The maximum absolute atomic E-state index is 12.3. The SMILES string of the molecule is C.CCC.CO.COC(=O)c1ccc(/C=C(/C)[N+](=O)[O-])cc1.COC(=O)c1ccc(C=O)cc1.COC(=O)c1ccc([C@@H]([C@H](C)N)N(C)C)cc1.COC(=O)c1ccc([C@@H]([C@H](C)Nc2nn(C)c(=O)c3cccnc23)N(C)C)cc1.COC(=O)c1ccc([C@@H]([C@H](C)[N+](=O)[O-])N(C)C)cc1.Cn1nc(Cl)c2ncccc2c1=O. The minimum absolute atomic E-state index is 0. The van der Waals surface area contributed by atoms with Crippen LogP contribution in [0.4, 0.5) is 5.82 Å². The third-order valence-electron chi connectivity index (χ3n) is 15.8. The van der Waals surface area contributed by atoms with Gasteiger partial charge in [0, 0.05) is 82.1 Å². The lowest BCUT2D eigenvalue weighted by Gasteiger charge is -2.31. The zero-order valence-corrected chi connectivity index (χ0v) is 66.9. The Morgan fingerprint density at radius 3 is 1.18 bits per heavy atom. The molecule has 32 heteroatoms. The van der Waals surface area contributed by atoms with Crippen molar-refractivity contribution in [2.45, 2.75) is 91.6 Å². The van der Waals surface area contributed by atoms with Crippen molar-refractivity contribution < 1.29 is 67.4 Å². The normalized spacial score (nSPS) is 12.0. The van der Waals surface area contributed by atoms with E-state index in [2.05, 4.69) is 68.1 Å². The molecule has 6 atom stereocenters. The first kappa shape index (κ1) is 98.1. The smallest absolute Gasteiger partial charge is 0.337 e. The molecular weight excluding hydrogens is 1470 g/mol. The predicted molar refractivity (Wildman–Crippen MR) is 433 cm³/mol. The second-order valence-corrected chi connectivity index (χ2v) is 25.1. The first-order valence-electron chi connectivity index (χ1n) is 34.2. The van der Waals surface area contributed by atoms with Crippen molar-refractivity contribution in [1.29, 1.82) is 0 Å². The molecular formula is C80H104ClN13O18. The number of likely N-dealkylation sites (N-methyl/N-ethyl adjacent to an activating group) is 3. The van der Waals surface area contributed by atoms with Gasteiger partial charge in [-0.05, 0) is 163 Å². The Morgan fingerprint density at radius 2 is 0.857 bits per heavy atom. The zero-order valence-electron chi connectivity index (χ0n) is 66.1. The minimum atomic E-state index is -0.737. The van der Waals surface area contributed by atoms with Gasteiger partial charge >= 0.3 is 29.8 Å². The van der Waals surface area contributed by atoms with E-state index in [1.165, 1.54) is 64.3 Å². The number of hydrogen-bond acceptors (Lipinski definition) is 27. The fourth-order valence-corrected chi connectivity index (χ4v) is 11.0. The summed E-state index contributed by atoms with van der Waals surface area (Å²) in [6.07, 6.45) is 6.63. The molecule has 0 spiro atoms. The Labute approximate surface area is 657 Å². The number of hydrogen-bond donors (Lipinski definition) is 3. The number of aliphatic hydroxyl groups excluding tert-OH is 1. The molecule has 112 heavy (non-hydrogen) atoms. The molecule has 604 valence electrons. The first-order chi connectivity index (χ1) is 52.6. The Hall–Kier alpha value is -11.9. The van der Waals surface area contributed by atoms with Gasteiger partial charge in [-0.2, -0.15) is 10.2 Å². The number of aliphatic hydroxyl groups is 1. The van der Waals surface area contributed by atoms with Crippen LogP contribution in [0.5, 0.6) is 0 Å². The molecule has 4 aromatic heterocycles. The van der Waals surface area contributed by atoms with E-state index in [9.17, 15) is 58.6 Å². The van der Waals surface area contributed by atoms with E-state index in [0.717, 1.165) is 30.1 Å². The van der Waals surface area contributed by atoms with Crippen LogP contribution in [0.2, 0.25) is 5.15 Å². The summed E-state index contributed by atoms with van der Waals surface area (Å²) in [5.74, 6) is -1.38. The molecule has 4 heterocycles. The van der Waals surface area contributed by atoms with Crippen molar-refractivity contribution in [2.24, 2.45) is 19.8 Å². The van der Waals surface area contributed by atoms with E-state index in [4.69, 9.17) is 27.2 Å². The summed E-state index contributed by atoms with van der Waals surface area (Å²) >= 11 is 5.80. The third-order valence-corrected chi connectivity index (χ3v) is 16.1. The van der Waals surface area contributed by atoms with Gasteiger partial charge in [-0.3, -0.25) is 49.5 Å². The maximum Gasteiger partial charge on any atom is 0.337 e. The number of carbonyl (C=O) groups excluding carboxylic acids is 6. The molecule has 0 unspecified atom stereocenters. The summed E-state index contributed by atoms with van der Waals surface area (Å²) < 4.78 is 25.6. The highest BCUT2D eigenvalue weighted by atomic mass is 35.5. The summed E-state index contributed by atoms with van der Waals surface area (Å²) in [4.78, 5) is 125. The van der Waals surface area contributed by atoms with Crippen molar-refractivity contribution in [3.8, 4) is 0 Å². The molecule has 0 aliphatic carbocycles. The number of rotatable bonds is 20. The lowest BCUT2D eigenvalue weighted by molar-refractivity contribution is -0.526. The number of aldehydes is 1. The number of fused-ring (bicyclic) bond motifs is 2. The Kier molecular flexibility index (Phi) is 43.8. The number of nitro groups is 2. The molecule has 9 rings (SSSR count). The van der Waals surface area contributed by atoms with Crippen LogP contribution in [0.15, 0.2) is 173 Å². The number of anilines is 1. The molecule has 0 amide bonds. The number of carbonyl (C=O) groups is 6. The van der Waals surface area contributed by atoms with Gasteiger partial charge in [0.05, 0.1) is 85.1 Å². The molecule has 31 nitrogen and oxygen atoms in total. The first-order valence-corrected chi connectivity index (χ1v) is 34.6. The fourth-order valence-electron chi connectivity index (χ4n) is 10.7. The maximum atomic E-state index is 12.3. The van der Waals surface area contributed by atoms with Crippen LogP contribution in [0.25, 0.3) is 27.9 Å². The number of esters is 5. The highest BCUT2D eigenvalue weighted by molar-refractivity contribution is 6.33. The summed E-state index contributed by atoms with van der Waals surface area (Å²) in [6.45, 7) is 11.2. The van der Waals surface area contributed by atoms with E-state index in [1.54, 1.807) is 174 Å². The lowest BCUT2D eigenvalue weighted by atomic mass is 9.98. The van der Waals surface area contributed by atoms with E-state index in [1.807, 2.05) is 66.3 Å². The van der Waals surface area contributed by atoms with Gasteiger partial charge in [-0.25, -0.2) is 33.3 Å². The van der Waals surface area contributed by atoms with Gasteiger partial charge in [-0.1, -0.05) is 100.0 Å². The number of pyridine rings is 2. The van der Waals surface area contributed by atoms with E-state index in [0.29, 0.717) is 66.6 Å². The Balaban J connectivity index is 0.000000679. The van der Waals surface area contributed by atoms with E-state index in [-0.39, 0.29) is 76.5 Å². The van der Waals surface area contributed by atoms with Gasteiger partial charge in [0.15, 0.2) is 11.0 Å². The second kappa shape index (κ2) is 50.0.